The number of thioether (sulfide) groups is 1. The number of amides is 2. The molecule has 0 heterocycles. The van der Waals surface area contributed by atoms with Crippen LogP contribution in [0.2, 0.25) is 0 Å². The third-order valence-corrected chi connectivity index (χ3v) is 5.73. The average molecular weight is 433 g/mol. The molecule has 31 heavy (non-hydrogen) atoms. The molecule has 160 valence electrons. The van der Waals surface area contributed by atoms with Gasteiger partial charge in [0.15, 0.2) is 0 Å². The topological polar surface area (TPSA) is 58.2 Å². The second kappa shape index (κ2) is 10.3. The van der Waals surface area contributed by atoms with Crippen LogP contribution in [0.4, 0.5) is 11.4 Å². The van der Waals surface area contributed by atoms with Crippen molar-refractivity contribution in [2.24, 2.45) is 5.41 Å². The third kappa shape index (κ3) is 7.30. The minimum atomic E-state index is -0.400. The Balaban J connectivity index is 1.72. The third-order valence-electron chi connectivity index (χ3n) is 4.46. The first kappa shape index (κ1) is 22.6. The first-order valence-electron chi connectivity index (χ1n) is 10.3. The van der Waals surface area contributed by atoms with Crippen LogP contribution in [-0.4, -0.2) is 11.8 Å². The van der Waals surface area contributed by atoms with E-state index in [4.69, 9.17) is 0 Å². The first-order valence-corrected chi connectivity index (χ1v) is 11.2. The average Bonchev–Trinajstić information content (AvgIpc) is 2.73. The van der Waals surface area contributed by atoms with E-state index in [0.717, 1.165) is 21.8 Å². The van der Waals surface area contributed by atoms with Crippen molar-refractivity contribution in [3.05, 3.63) is 90.5 Å². The summed E-state index contributed by atoms with van der Waals surface area (Å²) in [6.07, 6.45) is 0.458. The number of anilines is 2. The largest absolute Gasteiger partial charge is 0.326 e. The van der Waals surface area contributed by atoms with Crippen molar-refractivity contribution in [2.45, 2.75) is 37.3 Å². The van der Waals surface area contributed by atoms with Crippen LogP contribution >= 0.6 is 11.8 Å². The number of rotatable bonds is 7. The standard InChI is InChI=1S/C26H28N2O2S/c1-26(2,3)18-23(29)27-21-14-16-22(17-15-21)31-24(19-10-6-4-7-11-19)25(30)28-20-12-8-5-9-13-20/h4-17,24H,18H2,1-3H3,(H,27,29)(H,28,30). The lowest BCUT2D eigenvalue weighted by atomic mass is 9.92. The first-order chi connectivity index (χ1) is 14.8. The molecule has 0 aromatic heterocycles. The quantitative estimate of drug-likeness (QED) is 0.417. The minimum Gasteiger partial charge on any atom is -0.326 e. The zero-order valence-electron chi connectivity index (χ0n) is 18.1. The number of carbonyl (C=O) groups is 2. The molecule has 1 unspecified atom stereocenters. The smallest absolute Gasteiger partial charge is 0.242 e. The van der Waals surface area contributed by atoms with Crippen LogP contribution in [0.1, 0.15) is 38.0 Å². The van der Waals surface area contributed by atoms with Gasteiger partial charge < -0.3 is 10.6 Å². The molecule has 0 aliphatic carbocycles. The van der Waals surface area contributed by atoms with E-state index >= 15 is 0 Å². The zero-order valence-corrected chi connectivity index (χ0v) is 18.9. The molecule has 0 aliphatic heterocycles. The molecule has 0 saturated heterocycles. The predicted octanol–water partition coefficient (Wildman–Crippen LogP) is 6.53. The molecule has 3 rings (SSSR count). The normalized spacial score (nSPS) is 12.1. The van der Waals surface area contributed by atoms with Crippen molar-refractivity contribution in [2.75, 3.05) is 10.6 Å². The van der Waals surface area contributed by atoms with Gasteiger partial charge in [0.2, 0.25) is 11.8 Å². The van der Waals surface area contributed by atoms with Crippen molar-refractivity contribution in [1.29, 1.82) is 0 Å². The second-order valence-corrected chi connectivity index (χ2v) is 9.75. The molecule has 3 aromatic rings. The van der Waals surface area contributed by atoms with Crippen LogP contribution < -0.4 is 10.6 Å². The van der Waals surface area contributed by atoms with Crippen LogP contribution in [-0.2, 0) is 9.59 Å². The Morgan fingerprint density at radius 1 is 0.774 bits per heavy atom. The number of carbonyl (C=O) groups excluding carboxylic acids is 2. The summed E-state index contributed by atoms with van der Waals surface area (Å²) in [5.41, 5.74) is 2.40. The molecule has 3 aromatic carbocycles. The van der Waals surface area contributed by atoms with Crippen LogP contribution in [0.5, 0.6) is 0 Å². The highest BCUT2D eigenvalue weighted by molar-refractivity contribution is 8.00. The van der Waals surface area contributed by atoms with E-state index in [0.29, 0.717) is 6.42 Å². The summed E-state index contributed by atoms with van der Waals surface area (Å²) in [5, 5.41) is 5.54. The SMILES string of the molecule is CC(C)(C)CC(=O)Nc1ccc(SC(C(=O)Nc2ccccc2)c2ccccc2)cc1. The summed E-state index contributed by atoms with van der Waals surface area (Å²) >= 11 is 1.48. The molecule has 0 fully saturated rings. The molecular weight excluding hydrogens is 404 g/mol. The lowest BCUT2D eigenvalue weighted by Gasteiger charge is -2.18. The molecule has 1 atom stereocenters. The summed E-state index contributed by atoms with van der Waals surface area (Å²) in [6.45, 7) is 6.11. The van der Waals surface area contributed by atoms with E-state index < -0.39 is 5.25 Å². The maximum atomic E-state index is 13.1. The van der Waals surface area contributed by atoms with Gasteiger partial charge in [-0.15, -0.1) is 11.8 Å². The van der Waals surface area contributed by atoms with Gasteiger partial charge in [0.25, 0.3) is 0 Å². The Morgan fingerprint density at radius 2 is 1.32 bits per heavy atom. The molecule has 0 aliphatic rings. The highest BCUT2D eigenvalue weighted by Crippen LogP contribution is 2.36. The Labute approximate surface area is 188 Å². The van der Waals surface area contributed by atoms with E-state index in [1.807, 2.05) is 106 Å². The Morgan fingerprint density at radius 3 is 1.90 bits per heavy atom. The van der Waals surface area contributed by atoms with Crippen molar-refractivity contribution in [3.63, 3.8) is 0 Å². The van der Waals surface area contributed by atoms with Crippen LogP contribution in [0.15, 0.2) is 89.8 Å². The lowest BCUT2D eigenvalue weighted by Crippen LogP contribution is -2.19. The number of nitrogens with one attached hydrogen (secondary N) is 2. The molecule has 0 bridgehead atoms. The zero-order chi connectivity index (χ0) is 22.3. The highest BCUT2D eigenvalue weighted by atomic mass is 32.2. The van der Waals surface area contributed by atoms with Crippen molar-refractivity contribution >= 4 is 35.0 Å². The number of benzene rings is 3. The second-order valence-electron chi connectivity index (χ2n) is 8.57. The molecule has 0 radical (unpaired) electrons. The van der Waals surface area contributed by atoms with Crippen LogP contribution in [0, 0.1) is 5.41 Å². The van der Waals surface area contributed by atoms with Gasteiger partial charge in [-0.25, -0.2) is 0 Å². The van der Waals surface area contributed by atoms with Gasteiger partial charge in [-0.3, -0.25) is 9.59 Å². The summed E-state index contributed by atoms with van der Waals surface area (Å²) < 4.78 is 0. The molecule has 2 N–H and O–H groups in total. The van der Waals surface area contributed by atoms with Crippen molar-refractivity contribution in [3.8, 4) is 0 Å². The maximum absolute atomic E-state index is 13.1. The van der Waals surface area contributed by atoms with Crippen LogP contribution in [0.25, 0.3) is 0 Å². The van der Waals surface area contributed by atoms with Crippen molar-refractivity contribution in [1.82, 2.24) is 0 Å². The fraction of sp³-hybridized carbons (Fsp3) is 0.231. The fourth-order valence-corrected chi connectivity index (χ4v) is 4.09. The van der Waals surface area contributed by atoms with Crippen LogP contribution in [0.3, 0.4) is 0 Å². The Kier molecular flexibility index (Phi) is 7.53. The molecular formula is C26H28N2O2S. The van der Waals surface area contributed by atoms with Gasteiger partial charge in [-0.2, -0.15) is 0 Å². The summed E-state index contributed by atoms with van der Waals surface area (Å²) in [7, 11) is 0. The fourth-order valence-electron chi connectivity index (χ4n) is 3.07. The molecule has 2 amide bonds. The predicted molar refractivity (Wildman–Crippen MR) is 129 cm³/mol. The summed E-state index contributed by atoms with van der Waals surface area (Å²) in [4.78, 5) is 26.2. The Bertz CT molecular complexity index is 997. The molecule has 5 heteroatoms. The molecule has 0 spiro atoms. The molecule has 0 saturated carbocycles. The lowest BCUT2D eigenvalue weighted by molar-refractivity contribution is -0.118. The van der Waals surface area contributed by atoms with Gasteiger partial charge in [0.1, 0.15) is 5.25 Å². The number of hydrogen-bond donors (Lipinski definition) is 2. The number of para-hydroxylation sites is 1. The van der Waals surface area contributed by atoms with E-state index in [1.165, 1.54) is 11.8 Å². The van der Waals surface area contributed by atoms with E-state index in [2.05, 4.69) is 10.6 Å². The maximum Gasteiger partial charge on any atom is 0.242 e. The van der Waals surface area contributed by atoms with E-state index in [9.17, 15) is 9.59 Å². The van der Waals surface area contributed by atoms with Gasteiger partial charge in [-0.1, -0.05) is 69.3 Å². The summed E-state index contributed by atoms with van der Waals surface area (Å²) in [5.74, 6) is -0.0812. The van der Waals surface area contributed by atoms with Gasteiger partial charge in [0.05, 0.1) is 0 Å². The van der Waals surface area contributed by atoms with Gasteiger partial charge in [0, 0.05) is 22.7 Å². The van der Waals surface area contributed by atoms with E-state index in [-0.39, 0.29) is 17.2 Å². The highest BCUT2D eigenvalue weighted by Gasteiger charge is 2.22. The molecule has 4 nitrogen and oxygen atoms in total. The Hall–Kier alpha value is -3.05. The van der Waals surface area contributed by atoms with Crippen molar-refractivity contribution < 1.29 is 9.59 Å². The monoisotopic (exact) mass is 432 g/mol. The minimum absolute atomic E-state index is 0.00250. The van der Waals surface area contributed by atoms with Gasteiger partial charge >= 0.3 is 0 Å². The summed E-state index contributed by atoms with van der Waals surface area (Å²) in [6, 6.07) is 26.8. The van der Waals surface area contributed by atoms with E-state index in [1.54, 1.807) is 0 Å². The number of hydrogen-bond acceptors (Lipinski definition) is 3. The van der Waals surface area contributed by atoms with Gasteiger partial charge in [-0.05, 0) is 47.4 Å².